The molecule has 0 amide bonds. The van der Waals surface area contributed by atoms with Crippen LogP contribution in [0.3, 0.4) is 0 Å². The summed E-state index contributed by atoms with van der Waals surface area (Å²) in [7, 11) is 0. The highest BCUT2D eigenvalue weighted by Crippen LogP contribution is 2.33. The maximum absolute atomic E-state index is 13.9. The van der Waals surface area contributed by atoms with Crippen LogP contribution in [0.5, 0.6) is 0 Å². The molecule has 1 spiro atoms. The number of anilines is 1. The van der Waals surface area contributed by atoms with E-state index in [2.05, 4.69) is 0 Å². The molecule has 4 nitrogen and oxygen atoms in total. The summed E-state index contributed by atoms with van der Waals surface area (Å²) < 4.78 is 25.2. The van der Waals surface area contributed by atoms with E-state index in [1.807, 2.05) is 4.90 Å². The minimum Gasteiger partial charge on any atom is -0.369 e. The number of rotatable bonds is 2. The third kappa shape index (κ3) is 2.35. The van der Waals surface area contributed by atoms with Crippen molar-refractivity contribution in [2.24, 2.45) is 0 Å². The molecule has 2 aliphatic rings. The molecule has 1 aromatic rings. The number of nitrogens with zero attached hydrogens (tertiary/aromatic N) is 1. The summed E-state index contributed by atoms with van der Waals surface area (Å²) in [5.74, 6) is -0.802. The smallest absolute Gasteiger partial charge is 0.171 e. The molecular weight excluding hydrogens is 249 g/mol. The zero-order chi connectivity index (χ0) is 13.3. The Labute approximate surface area is 111 Å². The Balaban J connectivity index is 1.72. The summed E-state index contributed by atoms with van der Waals surface area (Å²) in [5, 5.41) is 0. The van der Waals surface area contributed by atoms with Crippen LogP contribution in [-0.2, 0) is 9.47 Å². The van der Waals surface area contributed by atoms with Crippen molar-refractivity contribution in [3.63, 3.8) is 0 Å². The molecular formula is C14H16FNO3. The van der Waals surface area contributed by atoms with Crippen LogP contribution in [0.1, 0.15) is 23.2 Å². The molecule has 102 valence electrons. The second kappa shape index (κ2) is 4.90. The fourth-order valence-corrected chi connectivity index (χ4v) is 2.73. The monoisotopic (exact) mass is 265 g/mol. The van der Waals surface area contributed by atoms with Gasteiger partial charge < -0.3 is 14.4 Å². The zero-order valence-electron chi connectivity index (χ0n) is 10.6. The second-order valence-electron chi connectivity index (χ2n) is 4.92. The van der Waals surface area contributed by atoms with Gasteiger partial charge in [-0.2, -0.15) is 0 Å². The maximum atomic E-state index is 13.9. The predicted molar refractivity (Wildman–Crippen MR) is 67.9 cm³/mol. The summed E-state index contributed by atoms with van der Waals surface area (Å²) in [6.45, 7) is 2.67. The predicted octanol–water partition coefficient (Wildman–Crippen LogP) is 1.98. The number of carbonyl (C=O) groups excluding carboxylic acids is 1. The molecule has 0 unspecified atom stereocenters. The fourth-order valence-electron chi connectivity index (χ4n) is 2.73. The van der Waals surface area contributed by atoms with E-state index in [1.165, 1.54) is 6.07 Å². The number of piperidine rings is 1. The van der Waals surface area contributed by atoms with Crippen molar-refractivity contribution in [1.82, 2.24) is 0 Å². The minimum atomic E-state index is -0.449. The molecule has 2 aliphatic heterocycles. The first-order valence-electron chi connectivity index (χ1n) is 6.50. The minimum absolute atomic E-state index is 0.353. The van der Waals surface area contributed by atoms with Gasteiger partial charge in [-0.3, -0.25) is 4.79 Å². The number of carbonyl (C=O) groups is 1. The van der Waals surface area contributed by atoms with Crippen molar-refractivity contribution in [2.45, 2.75) is 18.6 Å². The van der Waals surface area contributed by atoms with Crippen LogP contribution in [0.2, 0.25) is 0 Å². The Kier molecular flexibility index (Phi) is 3.24. The lowest BCUT2D eigenvalue weighted by Gasteiger charge is -2.38. The van der Waals surface area contributed by atoms with Crippen molar-refractivity contribution in [1.29, 1.82) is 0 Å². The lowest BCUT2D eigenvalue weighted by Crippen LogP contribution is -2.45. The molecule has 1 aromatic carbocycles. The van der Waals surface area contributed by atoms with Gasteiger partial charge in [-0.25, -0.2) is 4.39 Å². The van der Waals surface area contributed by atoms with Crippen molar-refractivity contribution >= 4 is 12.0 Å². The van der Waals surface area contributed by atoms with E-state index in [-0.39, 0.29) is 5.82 Å². The Hall–Kier alpha value is -1.46. The van der Waals surface area contributed by atoms with Gasteiger partial charge in [0.25, 0.3) is 0 Å². The first-order chi connectivity index (χ1) is 9.22. The molecule has 0 N–H and O–H groups in total. The highest BCUT2D eigenvalue weighted by Gasteiger charge is 2.40. The molecule has 0 aromatic heterocycles. The van der Waals surface area contributed by atoms with E-state index in [0.717, 1.165) is 12.8 Å². The van der Waals surface area contributed by atoms with Crippen molar-refractivity contribution in [2.75, 3.05) is 31.2 Å². The topological polar surface area (TPSA) is 38.8 Å². The summed E-state index contributed by atoms with van der Waals surface area (Å²) in [6, 6.07) is 4.57. The van der Waals surface area contributed by atoms with Gasteiger partial charge in [-0.15, -0.1) is 0 Å². The number of halogens is 1. The molecule has 0 aliphatic carbocycles. The Morgan fingerprint density at radius 1 is 1.21 bits per heavy atom. The van der Waals surface area contributed by atoms with Crippen molar-refractivity contribution in [3.05, 3.63) is 29.6 Å². The Morgan fingerprint density at radius 3 is 2.47 bits per heavy atom. The number of aldehydes is 1. The largest absolute Gasteiger partial charge is 0.369 e. The molecule has 2 fully saturated rings. The summed E-state index contributed by atoms with van der Waals surface area (Å²) in [6.07, 6.45) is 2.13. The number of ether oxygens (including phenoxy) is 2. The van der Waals surface area contributed by atoms with Gasteiger partial charge in [0, 0.05) is 31.5 Å². The molecule has 5 heteroatoms. The average Bonchev–Trinajstić information content (AvgIpc) is 2.88. The van der Waals surface area contributed by atoms with Gasteiger partial charge in [-0.05, 0) is 18.2 Å². The molecule has 3 rings (SSSR count). The summed E-state index contributed by atoms with van der Waals surface area (Å²) in [5.41, 5.74) is 0.899. The van der Waals surface area contributed by atoms with E-state index in [1.54, 1.807) is 12.1 Å². The standard InChI is InChI=1S/C14H16FNO3/c15-12-9-11(10-17)1-2-13(12)16-5-3-14(4-6-16)18-7-8-19-14/h1-2,9-10H,3-8H2. The SMILES string of the molecule is O=Cc1ccc(N2CCC3(CC2)OCCO3)c(F)c1. The molecule has 0 atom stereocenters. The average molecular weight is 265 g/mol. The van der Waals surface area contributed by atoms with Crippen LogP contribution >= 0.6 is 0 Å². The molecule has 0 radical (unpaired) electrons. The molecule has 2 heterocycles. The Bertz CT molecular complexity index is 476. The third-order valence-corrected chi connectivity index (χ3v) is 3.79. The highest BCUT2D eigenvalue weighted by atomic mass is 19.1. The van der Waals surface area contributed by atoms with E-state index in [4.69, 9.17) is 9.47 Å². The fraction of sp³-hybridized carbons (Fsp3) is 0.500. The van der Waals surface area contributed by atoms with Crippen molar-refractivity contribution < 1.29 is 18.7 Å². The van der Waals surface area contributed by atoms with Gasteiger partial charge in [0.05, 0.1) is 18.9 Å². The van der Waals surface area contributed by atoms with Crippen LogP contribution in [0.4, 0.5) is 10.1 Å². The van der Waals surface area contributed by atoms with Gasteiger partial charge >= 0.3 is 0 Å². The highest BCUT2D eigenvalue weighted by molar-refractivity contribution is 5.76. The van der Waals surface area contributed by atoms with Crippen LogP contribution in [0, 0.1) is 5.82 Å². The molecule has 0 bridgehead atoms. The molecule has 0 saturated carbocycles. The lowest BCUT2D eigenvalue weighted by molar-refractivity contribution is -0.169. The summed E-state index contributed by atoms with van der Waals surface area (Å²) in [4.78, 5) is 12.6. The van der Waals surface area contributed by atoms with Gasteiger partial charge in [-0.1, -0.05) is 0 Å². The normalized spacial score (nSPS) is 21.8. The van der Waals surface area contributed by atoms with Crippen LogP contribution < -0.4 is 4.90 Å². The van der Waals surface area contributed by atoms with E-state index in [9.17, 15) is 9.18 Å². The van der Waals surface area contributed by atoms with Crippen LogP contribution in [0.15, 0.2) is 18.2 Å². The second-order valence-corrected chi connectivity index (χ2v) is 4.92. The van der Waals surface area contributed by atoms with Crippen LogP contribution in [-0.4, -0.2) is 38.4 Å². The maximum Gasteiger partial charge on any atom is 0.171 e. The zero-order valence-corrected chi connectivity index (χ0v) is 10.6. The number of benzene rings is 1. The first-order valence-corrected chi connectivity index (χ1v) is 6.50. The number of hydrogen-bond acceptors (Lipinski definition) is 4. The van der Waals surface area contributed by atoms with Gasteiger partial charge in [0.2, 0.25) is 0 Å². The van der Waals surface area contributed by atoms with E-state index in [0.29, 0.717) is 43.8 Å². The van der Waals surface area contributed by atoms with E-state index >= 15 is 0 Å². The first kappa shape index (κ1) is 12.6. The summed E-state index contributed by atoms with van der Waals surface area (Å²) >= 11 is 0. The number of hydrogen-bond donors (Lipinski definition) is 0. The molecule has 19 heavy (non-hydrogen) atoms. The third-order valence-electron chi connectivity index (χ3n) is 3.79. The van der Waals surface area contributed by atoms with Gasteiger partial charge in [0.15, 0.2) is 5.79 Å². The van der Waals surface area contributed by atoms with Crippen LogP contribution in [0.25, 0.3) is 0 Å². The van der Waals surface area contributed by atoms with Gasteiger partial charge in [0.1, 0.15) is 12.1 Å². The quantitative estimate of drug-likeness (QED) is 0.766. The Morgan fingerprint density at radius 2 is 1.89 bits per heavy atom. The van der Waals surface area contributed by atoms with Crippen molar-refractivity contribution in [3.8, 4) is 0 Å². The lowest BCUT2D eigenvalue weighted by atomic mass is 10.0. The molecule has 2 saturated heterocycles. The van der Waals surface area contributed by atoms with E-state index < -0.39 is 5.79 Å².